The van der Waals surface area contributed by atoms with Crippen molar-refractivity contribution >= 4 is 0 Å². The Hall–Kier alpha value is -0.0800. The van der Waals surface area contributed by atoms with Crippen molar-refractivity contribution in [1.29, 1.82) is 0 Å². The minimum Gasteiger partial charge on any atom is -0.393 e. The molecule has 1 aliphatic heterocycles. The first-order valence-corrected chi connectivity index (χ1v) is 6.03. The number of rotatable bonds is 2. The zero-order chi connectivity index (χ0) is 9.97. The fraction of sp³-hybridized carbons (Fsp3) is 1.00. The second-order valence-electron chi connectivity index (χ2n) is 5.06. The Morgan fingerprint density at radius 2 is 1.86 bits per heavy atom. The molecule has 2 nitrogen and oxygen atoms in total. The average molecular weight is 198 g/mol. The van der Waals surface area contributed by atoms with Gasteiger partial charge in [0.2, 0.25) is 0 Å². The van der Waals surface area contributed by atoms with Crippen LogP contribution in [-0.2, 0) is 4.74 Å². The third-order valence-electron chi connectivity index (χ3n) is 4.16. The van der Waals surface area contributed by atoms with E-state index >= 15 is 0 Å². The van der Waals surface area contributed by atoms with Crippen LogP contribution in [0, 0.1) is 17.8 Å². The van der Waals surface area contributed by atoms with Gasteiger partial charge in [-0.1, -0.05) is 6.92 Å². The minimum atomic E-state index is -0.0279. The summed E-state index contributed by atoms with van der Waals surface area (Å²) in [7, 11) is 0. The molecular weight excluding hydrogens is 176 g/mol. The zero-order valence-electron chi connectivity index (χ0n) is 9.11. The summed E-state index contributed by atoms with van der Waals surface area (Å²) >= 11 is 0. The highest BCUT2D eigenvalue weighted by molar-refractivity contribution is 4.83. The van der Waals surface area contributed by atoms with Crippen molar-refractivity contribution in [3.8, 4) is 0 Å². The van der Waals surface area contributed by atoms with E-state index in [1.54, 1.807) is 0 Å². The van der Waals surface area contributed by atoms with E-state index in [2.05, 4.69) is 6.92 Å². The highest BCUT2D eigenvalue weighted by atomic mass is 16.5. The van der Waals surface area contributed by atoms with Crippen LogP contribution in [0.2, 0.25) is 0 Å². The van der Waals surface area contributed by atoms with Gasteiger partial charge in [0.25, 0.3) is 0 Å². The molecule has 1 saturated carbocycles. The Balaban J connectivity index is 1.79. The Kier molecular flexibility index (Phi) is 3.45. The molecule has 0 aromatic rings. The lowest BCUT2D eigenvalue weighted by Gasteiger charge is -2.26. The van der Waals surface area contributed by atoms with E-state index in [-0.39, 0.29) is 6.10 Å². The predicted octanol–water partition coefficient (Wildman–Crippen LogP) is 2.21. The normalized spacial score (nSPS) is 40.3. The highest BCUT2D eigenvalue weighted by Gasteiger charge is 2.32. The molecule has 0 radical (unpaired) electrons. The summed E-state index contributed by atoms with van der Waals surface area (Å²) in [5, 5.41) is 9.67. The van der Waals surface area contributed by atoms with Crippen LogP contribution in [0.25, 0.3) is 0 Å². The Morgan fingerprint density at radius 3 is 2.43 bits per heavy atom. The maximum Gasteiger partial charge on any atom is 0.0568 e. The summed E-state index contributed by atoms with van der Waals surface area (Å²) in [6.45, 7) is 4.12. The quantitative estimate of drug-likeness (QED) is 0.737. The van der Waals surface area contributed by atoms with Crippen molar-refractivity contribution < 1.29 is 9.84 Å². The minimum absolute atomic E-state index is 0.0279. The van der Waals surface area contributed by atoms with Gasteiger partial charge in [-0.3, -0.25) is 0 Å². The lowest BCUT2D eigenvalue weighted by molar-refractivity contribution is 0.0528. The van der Waals surface area contributed by atoms with E-state index in [0.29, 0.717) is 5.92 Å². The topological polar surface area (TPSA) is 29.5 Å². The lowest BCUT2D eigenvalue weighted by atomic mass is 9.84. The largest absolute Gasteiger partial charge is 0.393 e. The van der Waals surface area contributed by atoms with Crippen molar-refractivity contribution in [1.82, 2.24) is 0 Å². The number of ether oxygens (including phenoxy) is 1. The monoisotopic (exact) mass is 198 g/mol. The molecule has 3 unspecified atom stereocenters. The summed E-state index contributed by atoms with van der Waals surface area (Å²) in [5.74, 6) is 2.16. The molecule has 2 fully saturated rings. The van der Waals surface area contributed by atoms with Crippen LogP contribution >= 0.6 is 0 Å². The van der Waals surface area contributed by atoms with Crippen LogP contribution < -0.4 is 0 Å². The molecule has 0 spiro atoms. The van der Waals surface area contributed by atoms with Crippen molar-refractivity contribution in [3.63, 3.8) is 0 Å². The molecule has 82 valence electrons. The maximum atomic E-state index is 9.67. The van der Waals surface area contributed by atoms with Gasteiger partial charge in [-0.05, 0) is 49.9 Å². The van der Waals surface area contributed by atoms with Crippen LogP contribution in [0.5, 0.6) is 0 Å². The summed E-state index contributed by atoms with van der Waals surface area (Å²) in [4.78, 5) is 0. The van der Waals surface area contributed by atoms with Crippen molar-refractivity contribution in [2.24, 2.45) is 17.8 Å². The molecule has 0 aromatic heterocycles. The van der Waals surface area contributed by atoms with Gasteiger partial charge in [-0.2, -0.15) is 0 Å². The van der Waals surface area contributed by atoms with Gasteiger partial charge in [-0.25, -0.2) is 0 Å². The van der Waals surface area contributed by atoms with Crippen LogP contribution in [0.1, 0.15) is 39.0 Å². The standard InChI is InChI=1S/C12H22O2/c1-9-11(2-3-12(9)13)8-10-4-6-14-7-5-10/h9-13H,2-8H2,1H3. The summed E-state index contributed by atoms with van der Waals surface area (Å²) < 4.78 is 5.36. The van der Waals surface area contributed by atoms with Gasteiger partial charge in [0.05, 0.1) is 6.10 Å². The van der Waals surface area contributed by atoms with E-state index in [9.17, 15) is 5.11 Å². The van der Waals surface area contributed by atoms with E-state index in [1.165, 1.54) is 25.7 Å². The molecule has 1 heterocycles. The fourth-order valence-corrected chi connectivity index (χ4v) is 2.97. The summed E-state index contributed by atoms with van der Waals surface area (Å²) in [5.41, 5.74) is 0. The van der Waals surface area contributed by atoms with Crippen LogP contribution in [0.15, 0.2) is 0 Å². The van der Waals surface area contributed by atoms with Gasteiger partial charge in [-0.15, -0.1) is 0 Å². The third-order valence-corrected chi connectivity index (χ3v) is 4.16. The van der Waals surface area contributed by atoms with Crippen LogP contribution in [-0.4, -0.2) is 24.4 Å². The molecule has 1 N–H and O–H groups in total. The molecule has 0 bridgehead atoms. The molecule has 14 heavy (non-hydrogen) atoms. The van der Waals surface area contributed by atoms with Crippen molar-refractivity contribution in [3.05, 3.63) is 0 Å². The molecular formula is C12H22O2. The van der Waals surface area contributed by atoms with Crippen molar-refractivity contribution in [2.75, 3.05) is 13.2 Å². The van der Waals surface area contributed by atoms with Crippen molar-refractivity contribution in [2.45, 2.75) is 45.1 Å². The first-order valence-electron chi connectivity index (χ1n) is 6.03. The van der Waals surface area contributed by atoms with Gasteiger partial charge < -0.3 is 9.84 Å². The first kappa shape index (κ1) is 10.4. The maximum absolute atomic E-state index is 9.67. The van der Waals surface area contributed by atoms with Gasteiger partial charge in [0.15, 0.2) is 0 Å². The Morgan fingerprint density at radius 1 is 1.14 bits per heavy atom. The highest BCUT2D eigenvalue weighted by Crippen LogP contribution is 2.37. The first-order chi connectivity index (χ1) is 6.77. The molecule has 1 saturated heterocycles. The van der Waals surface area contributed by atoms with Gasteiger partial charge in [0.1, 0.15) is 0 Å². The summed E-state index contributed by atoms with van der Waals surface area (Å²) in [6.07, 6.45) is 6.02. The van der Waals surface area contributed by atoms with Crippen LogP contribution in [0.3, 0.4) is 0 Å². The van der Waals surface area contributed by atoms with E-state index in [0.717, 1.165) is 31.5 Å². The van der Waals surface area contributed by atoms with E-state index < -0.39 is 0 Å². The molecule has 2 heteroatoms. The second-order valence-corrected chi connectivity index (χ2v) is 5.06. The lowest BCUT2D eigenvalue weighted by Crippen LogP contribution is -2.22. The molecule has 1 aliphatic carbocycles. The SMILES string of the molecule is CC1C(O)CCC1CC1CCOCC1. The molecule has 2 rings (SSSR count). The number of hydrogen-bond acceptors (Lipinski definition) is 2. The molecule has 2 aliphatic rings. The fourth-order valence-electron chi connectivity index (χ4n) is 2.97. The second kappa shape index (κ2) is 4.63. The predicted molar refractivity (Wildman–Crippen MR) is 56.1 cm³/mol. The zero-order valence-corrected chi connectivity index (χ0v) is 9.11. The third kappa shape index (κ3) is 2.29. The Bertz CT molecular complexity index is 175. The number of aliphatic hydroxyl groups excluding tert-OH is 1. The smallest absolute Gasteiger partial charge is 0.0568 e. The Labute approximate surface area is 86.6 Å². The molecule has 0 aromatic carbocycles. The van der Waals surface area contributed by atoms with Gasteiger partial charge in [0, 0.05) is 13.2 Å². The van der Waals surface area contributed by atoms with E-state index in [4.69, 9.17) is 4.74 Å². The van der Waals surface area contributed by atoms with E-state index in [1.807, 2.05) is 0 Å². The number of hydrogen-bond donors (Lipinski definition) is 1. The average Bonchev–Trinajstić information content (AvgIpc) is 2.52. The van der Waals surface area contributed by atoms with Gasteiger partial charge >= 0.3 is 0 Å². The summed E-state index contributed by atoms with van der Waals surface area (Å²) in [6, 6.07) is 0. The molecule has 0 amide bonds. The van der Waals surface area contributed by atoms with Crippen LogP contribution in [0.4, 0.5) is 0 Å². The molecule has 3 atom stereocenters. The number of aliphatic hydroxyl groups is 1.